The molecule has 138 valence electrons. The van der Waals surface area contributed by atoms with Crippen LogP contribution >= 0.6 is 0 Å². The lowest BCUT2D eigenvalue weighted by atomic mass is 9.75. The van der Waals surface area contributed by atoms with Crippen LogP contribution in [0, 0.1) is 41.4 Å². The van der Waals surface area contributed by atoms with Gasteiger partial charge in [-0.15, -0.1) is 0 Å². The van der Waals surface area contributed by atoms with Crippen LogP contribution < -0.4 is 0 Å². The minimum Gasteiger partial charge on any atom is -0.0654 e. The summed E-state index contributed by atoms with van der Waals surface area (Å²) in [6, 6.07) is 0. The largest absolute Gasteiger partial charge is 0.0654 e. The van der Waals surface area contributed by atoms with Crippen LogP contribution in [0.1, 0.15) is 106 Å². The van der Waals surface area contributed by atoms with E-state index in [1.807, 2.05) is 0 Å². The fourth-order valence-electron chi connectivity index (χ4n) is 5.17. The summed E-state index contributed by atoms with van der Waals surface area (Å²) in [6.07, 6.45) is 13.2. The van der Waals surface area contributed by atoms with Gasteiger partial charge in [-0.3, -0.25) is 0 Å². The highest BCUT2D eigenvalue weighted by molar-refractivity contribution is 4.78. The quantitative estimate of drug-likeness (QED) is 0.378. The molecule has 0 spiro atoms. The van der Waals surface area contributed by atoms with Crippen LogP contribution in [-0.4, -0.2) is 0 Å². The van der Waals surface area contributed by atoms with Crippen molar-refractivity contribution in [3.63, 3.8) is 0 Å². The summed E-state index contributed by atoms with van der Waals surface area (Å²) in [5.41, 5.74) is 0. The van der Waals surface area contributed by atoms with Crippen molar-refractivity contribution < 1.29 is 0 Å². The van der Waals surface area contributed by atoms with Crippen molar-refractivity contribution in [1.29, 1.82) is 0 Å². The molecule has 0 heteroatoms. The zero-order chi connectivity index (χ0) is 17.4. The zero-order valence-corrected chi connectivity index (χ0v) is 17.4. The van der Waals surface area contributed by atoms with Gasteiger partial charge in [-0.25, -0.2) is 0 Å². The van der Waals surface area contributed by atoms with Gasteiger partial charge in [0.25, 0.3) is 0 Å². The lowest BCUT2D eigenvalue weighted by Gasteiger charge is -2.30. The summed E-state index contributed by atoms with van der Waals surface area (Å²) in [4.78, 5) is 0. The molecule has 0 bridgehead atoms. The molecular weight excluding hydrogens is 276 g/mol. The Labute approximate surface area is 148 Å². The third-order valence-electron chi connectivity index (χ3n) is 6.76. The first-order valence-electron chi connectivity index (χ1n) is 10.8. The SMILES string of the molecule is CCCCC1CCC(CC(C)C(C)C(C)CC(C)C)CC(C)C1. The zero-order valence-electron chi connectivity index (χ0n) is 17.4. The molecule has 0 nitrogen and oxygen atoms in total. The van der Waals surface area contributed by atoms with E-state index >= 15 is 0 Å². The molecule has 1 aliphatic rings. The van der Waals surface area contributed by atoms with Crippen molar-refractivity contribution in [2.75, 3.05) is 0 Å². The van der Waals surface area contributed by atoms with E-state index in [0.29, 0.717) is 0 Å². The van der Waals surface area contributed by atoms with E-state index in [0.717, 1.165) is 41.4 Å². The number of unbranched alkanes of at least 4 members (excludes halogenated alkanes) is 1. The first kappa shape index (κ1) is 21.0. The summed E-state index contributed by atoms with van der Waals surface area (Å²) in [7, 11) is 0. The van der Waals surface area contributed by atoms with Gasteiger partial charge < -0.3 is 0 Å². The highest BCUT2D eigenvalue weighted by Crippen LogP contribution is 2.38. The fourth-order valence-corrected chi connectivity index (χ4v) is 5.17. The molecule has 0 aliphatic heterocycles. The molecule has 0 heterocycles. The molecule has 23 heavy (non-hydrogen) atoms. The Balaban J connectivity index is 2.46. The summed E-state index contributed by atoms with van der Waals surface area (Å²) >= 11 is 0. The number of rotatable bonds is 9. The van der Waals surface area contributed by atoms with Gasteiger partial charge >= 0.3 is 0 Å². The normalized spacial score (nSPS) is 30.0. The maximum atomic E-state index is 2.53. The molecule has 0 saturated heterocycles. The number of hydrogen-bond donors (Lipinski definition) is 0. The second-order valence-electron chi connectivity index (χ2n) is 9.71. The Morgan fingerprint density at radius 3 is 2.09 bits per heavy atom. The third-order valence-corrected chi connectivity index (χ3v) is 6.76. The van der Waals surface area contributed by atoms with Crippen molar-refractivity contribution >= 4 is 0 Å². The lowest BCUT2D eigenvalue weighted by molar-refractivity contribution is 0.201. The minimum atomic E-state index is 0.844. The highest BCUT2D eigenvalue weighted by Gasteiger charge is 2.27. The Morgan fingerprint density at radius 1 is 0.870 bits per heavy atom. The van der Waals surface area contributed by atoms with Gasteiger partial charge in [-0.2, -0.15) is 0 Å². The van der Waals surface area contributed by atoms with Gasteiger partial charge in [0, 0.05) is 0 Å². The molecule has 0 aromatic carbocycles. The fraction of sp³-hybridized carbons (Fsp3) is 1.00. The Kier molecular flexibility index (Phi) is 9.86. The standard InChI is InChI=1S/C23H46/c1-8-9-10-22-11-12-23(15-18(4)14-22)16-20(6)21(7)19(5)13-17(2)3/h17-23H,8-16H2,1-7H3. The van der Waals surface area contributed by atoms with Crippen LogP contribution in [0.15, 0.2) is 0 Å². The van der Waals surface area contributed by atoms with E-state index in [-0.39, 0.29) is 0 Å². The molecule has 0 amide bonds. The van der Waals surface area contributed by atoms with Crippen molar-refractivity contribution in [2.24, 2.45) is 41.4 Å². The maximum absolute atomic E-state index is 2.53. The van der Waals surface area contributed by atoms with Gasteiger partial charge in [0.15, 0.2) is 0 Å². The molecule has 1 aliphatic carbocycles. The molecule has 1 saturated carbocycles. The Morgan fingerprint density at radius 2 is 1.48 bits per heavy atom. The second-order valence-corrected chi connectivity index (χ2v) is 9.71. The molecular formula is C23H46. The molecule has 0 N–H and O–H groups in total. The molecule has 0 aromatic heterocycles. The van der Waals surface area contributed by atoms with E-state index < -0.39 is 0 Å². The van der Waals surface area contributed by atoms with E-state index in [1.54, 1.807) is 0 Å². The van der Waals surface area contributed by atoms with Gasteiger partial charge in [0.2, 0.25) is 0 Å². The maximum Gasteiger partial charge on any atom is -0.0391 e. The first-order chi connectivity index (χ1) is 10.8. The monoisotopic (exact) mass is 322 g/mol. The summed E-state index contributed by atoms with van der Waals surface area (Å²) in [5.74, 6) is 6.49. The molecule has 0 aromatic rings. The van der Waals surface area contributed by atoms with Crippen LogP contribution in [0.25, 0.3) is 0 Å². The van der Waals surface area contributed by atoms with Gasteiger partial charge in [0.1, 0.15) is 0 Å². The minimum absolute atomic E-state index is 0.844. The highest BCUT2D eigenvalue weighted by atomic mass is 14.3. The van der Waals surface area contributed by atoms with Gasteiger partial charge in [-0.05, 0) is 67.1 Å². The van der Waals surface area contributed by atoms with Crippen molar-refractivity contribution in [3.05, 3.63) is 0 Å². The smallest absolute Gasteiger partial charge is 0.0391 e. The van der Waals surface area contributed by atoms with E-state index in [2.05, 4.69) is 48.5 Å². The van der Waals surface area contributed by atoms with E-state index in [9.17, 15) is 0 Å². The molecule has 1 rings (SSSR count). The van der Waals surface area contributed by atoms with E-state index in [4.69, 9.17) is 0 Å². The predicted molar refractivity (Wildman–Crippen MR) is 106 cm³/mol. The molecule has 6 atom stereocenters. The van der Waals surface area contributed by atoms with Gasteiger partial charge in [0.05, 0.1) is 0 Å². The van der Waals surface area contributed by atoms with Crippen LogP contribution in [0.2, 0.25) is 0 Å². The topological polar surface area (TPSA) is 0 Å². The van der Waals surface area contributed by atoms with Gasteiger partial charge in [-0.1, -0.05) is 80.6 Å². The van der Waals surface area contributed by atoms with Crippen molar-refractivity contribution in [1.82, 2.24) is 0 Å². The second kappa shape index (κ2) is 10.8. The summed E-state index contributed by atoms with van der Waals surface area (Å²) < 4.78 is 0. The predicted octanol–water partition coefficient (Wildman–Crippen LogP) is 7.96. The van der Waals surface area contributed by atoms with E-state index in [1.165, 1.54) is 57.8 Å². The van der Waals surface area contributed by atoms with Crippen LogP contribution in [0.4, 0.5) is 0 Å². The van der Waals surface area contributed by atoms with Crippen molar-refractivity contribution in [2.45, 2.75) is 106 Å². The van der Waals surface area contributed by atoms with Crippen LogP contribution in [0.5, 0.6) is 0 Å². The molecule has 1 fully saturated rings. The van der Waals surface area contributed by atoms with Crippen molar-refractivity contribution in [3.8, 4) is 0 Å². The average Bonchev–Trinajstić information content (AvgIpc) is 2.64. The Hall–Kier alpha value is 0. The lowest BCUT2D eigenvalue weighted by Crippen LogP contribution is -2.21. The Bertz CT molecular complexity index is 292. The average molecular weight is 323 g/mol. The molecule has 6 unspecified atom stereocenters. The molecule has 0 radical (unpaired) electrons. The first-order valence-corrected chi connectivity index (χ1v) is 10.8. The summed E-state index contributed by atoms with van der Waals surface area (Å²) in [5, 5.41) is 0. The third kappa shape index (κ3) is 8.08. The summed E-state index contributed by atoms with van der Waals surface area (Å²) in [6.45, 7) is 17.1. The van der Waals surface area contributed by atoms with Crippen LogP contribution in [0.3, 0.4) is 0 Å². The number of hydrogen-bond acceptors (Lipinski definition) is 0. The van der Waals surface area contributed by atoms with Crippen LogP contribution in [-0.2, 0) is 0 Å².